The van der Waals surface area contributed by atoms with Crippen LogP contribution in [0.2, 0.25) is 0 Å². The second kappa shape index (κ2) is 7.96. The summed E-state index contributed by atoms with van der Waals surface area (Å²) >= 11 is 0. The number of anilines is 1. The average Bonchev–Trinajstić information content (AvgIpc) is 3.19. The summed E-state index contributed by atoms with van der Waals surface area (Å²) in [5.74, 6) is 1.22. The van der Waals surface area contributed by atoms with E-state index in [0.717, 1.165) is 37.3 Å². The third-order valence-corrected chi connectivity index (χ3v) is 5.34. The van der Waals surface area contributed by atoms with Gasteiger partial charge in [-0.3, -0.25) is 4.79 Å². The molecule has 4 rings (SSSR count). The summed E-state index contributed by atoms with van der Waals surface area (Å²) in [6, 6.07) is 7.11. The van der Waals surface area contributed by atoms with Crippen molar-refractivity contribution in [3.05, 3.63) is 41.6 Å². The van der Waals surface area contributed by atoms with Crippen molar-refractivity contribution < 1.29 is 24.1 Å². The molecule has 0 amide bonds. The molecule has 7 heteroatoms. The highest BCUT2D eigenvalue weighted by Crippen LogP contribution is 2.44. The van der Waals surface area contributed by atoms with Gasteiger partial charge in [0.05, 0.1) is 13.5 Å². The van der Waals surface area contributed by atoms with E-state index in [0.29, 0.717) is 17.1 Å². The molecule has 0 spiro atoms. The quantitative estimate of drug-likeness (QED) is 0.793. The summed E-state index contributed by atoms with van der Waals surface area (Å²) in [6.07, 6.45) is 5.31. The highest BCUT2D eigenvalue weighted by Gasteiger charge is 2.29. The Hall–Kier alpha value is -2.96. The fourth-order valence-electron chi connectivity index (χ4n) is 3.91. The van der Waals surface area contributed by atoms with E-state index >= 15 is 0 Å². The Bertz CT molecular complexity index is 864. The van der Waals surface area contributed by atoms with Crippen molar-refractivity contribution in [2.45, 2.75) is 31.6 Å². The number of pyridine rings is 1. The van der Waals surface area contributed by atoms with Crippen molar-refractivity contribution in [2.75, 3.05) is 31.9 Å². The maximum absolute atomic E-state index is 12.2. The van der Waals surface area contributed by atoms with Crippen molar-refractivity contribution in [1.82, 2.24) is 4.98 Å². The Balaban J connectivity index is 1.79. The minimum Gasteiger partial charge on any atom is -0.508 e. The zero-order valence-corrected chi connectivity index (χ0v) is 15.9. The minimum atomic E-state index is -0.410. The monoisotopic (exact) mass is 384 g/mol. The van der Waals surface area contributed by atoms with E-state index in [1.54, 1.807) is 18.3 Å². The van der Waals surface area contributed by atoms with Gasteiger partial charge in [0, 0.05) is 42.4 Å². The number of fused-ring (bicyclic) bond motifs is 1. The number of aromatic hydroxyl groups is 1. The van der Waals surface area contributed by atoms with E-state index in [1.807, 2.05) is 12.1 Å². The van der Waals surface area contributed by atoms with Crippen molar-refractivity contribution in [3.63, 3.8) is 0 Å². The van der Waals surface area contributed by atoms with Crippen molar-refractivity contribution in [1.29, 1.82) is 0 Å². The third-order valence-electron chi connectivity index (χ3n) is 5.34. The van der Waals surface area contributed by atoms with Gasteiger partial charge in [-0.2, -0.15) is 0 Å². The molecule has 1 aromatic heterocycles. The molecule has 1 aromatic carbocycles. The number of esters is 1. The number of benzene rings is 1. The van der Waals surface area contributed by atoms with E-state index in [9.17, 15) is 9.90 Å². The standard InChI is InChI=1S/C21H24N2O5/c1-26-20(25)11-15(16-10-18-19(12-17(16)24)28-13-27-18)14-6-5-7-22-21(14)23-8-3-2-4-9-23/h5-7,10,12,15,24H,2-4,8-9,11,13H2,1H3. The van der Waals surface area contributed by atoms with E-state index in [2.05, 4.69) is 9.88 Å². The smallest absolute Gasteiger partial charge is 0.306 e. The fourth-order valence-corrected chi connectivity index (χ4v) is 3.91. The summed E-state index contributed by atoms with van der Waals surface area (Å²) < 4.78 is 15.8. The maximum atomic E-state index is 12.2. The predicted octanol–water partition coefficient (Wildman–Crippen LogP) is 3.20. The van der Waals surface area contributed by atoms with Gasteiger partial charge in [-0.15, -0.1) is 0 Å². The van der Waals surface area contributed by atoms with Gasteiger partial charge in [0.2, 0.25) is 6.79 Å². The molecule has 2 aliphatic heterocycles. The second-order valence-electron chi connectivity index (χ2n) is 7.06. The number of nitrogens with zero attached hydrogens (tertiary/aromatic N) is 2. The topological polar surface area (TPSA) is 81.1 Å². The number of ether oxygens (including phenoxy) is 3. The van der Waals surface area contributed by atoms with Gasteiger partial charge < -0.3 is 24.2 Å². The number of phenolic OH excluding ortho intramolecular Hbond substituents is 1. The molecule has 0 bridgehead atoms. The Kier molecular flexibility index (Phi) is 5.23. The first kappa shape index (κ1) is 18.4. The SMILES string of the molecule is COC(=O)CC(c1cc2c(cc1O)OCO2)c1cccnc1N1CCCCC1. The number of hydrogen-bond donors (Lipinski definition) is 1. The van der Waals surface area contributed by atoms with Crippen LogP contribution in [0.5, 0.6) is 17.2 Å². The van der Waals surface area contributed by atoms with Crippen molar-refractivity contribution in [3.8, 4) is 17.2 Å². The number of hydrogen-bond acceptors (Lipinski definition) is 7. The van der Waals surface area contributed by atoms with Crippen LogP contribution in [0.25, 0.3) is 0 Å². The Labute approximate surface area is 163 Å². The summed E-state index contributed by atoms with van der Waals surface area (Å²) in [5.41, 5.74) is 1.49. The van der Waals surface area contributed by atoms with Crippen LogP contribution >= 0.6 is 0 Å². The van der Waals surface area contributed by atoms with Gasteiger partial charge in [-0.05, 0) is 31.4 Å². The molecule has 0 saturated carbocycles. The molecule has 2 aromatic rings. The van der Waals surface area contributed by atoms with Crippen LogP contribution < -0.4 is 14.4 Å². The number of aromatic nitrogens is 1. The van der Waals surface area contributed by atoms with Crippen LogP contribution in [0.4, 0.5) is 5.82 Å². The predicted molar refractivity (Wildman–Crippen MR) is 103 cm³/mol. The second-order valence-corrected chi connectivity index (χ2v) is 7.06. The zero-order chi connectivity index (χ0) is 19.5. The van der Waals surface area contributed by atoms with Crippen LogP contribution in [0.3, 0.4) is 0 Å². The lowest BCUT2D eigenvalue weighted by Gasteiger charge is -2.31. The fraction of sp³-hybridized carbons (Fsp3) is 0.429. The number of phenols is 1. The largest absolute Gasteiger partial charge is 0.508 e. The molecule has 1 N–H and O–H groups in total. The van der Waals surface area contributed by atoms with E-state index < -0.39 is 5.92 Å². The number of carbonyl (C=O) groups is 1. The van der Waals surface area contributed by atoms with Crippen LogP contribution in [0.1, 0.15) is 42.7 Å². The van der Waals surface area contributed by atoms with Gasteiger partial charge in [-0.25, -0.2) is 4.98 Å². The van der Waals surface area contributed by atoms with Gasteiger partial charge in [-0.1, -0.05) is 6.07 Å². The molecular formula is C21H24N2O5. The maximum Gasteiger partial charge on any atom is 0.306 e. The molecule has 1 saturated heterocycles. The average molecular weight is 384 g/mol. The number of methoxy groups -OCH3 is 1. The van der Waals surface area contributed by atoms with E-state index in [-0.39, 0.29) is 24.9 Å². The Morgan fingerprint density at radius 2 is 1.96 bits per heavy atom. The third kappa shape index (κ3) is 3.56. The summed E-state index contributed by atoms with van der Waals surface area (Å²) in [6.45, 7) is 1.98. The first-order valence-corrected chi connectivity index (χ1v) is 9.56. The van der Waals surface area contributed by atoms with Gasteiger partial charge in [0.15, 0.2) is 11.5 Å². The lowest BCUT2D eigenvalue weighted by Crippen LogP contribution is -2.31. The molecule has 7 nitrogen and oxygen atoms in total. The van der Waals surface area contributed by atoms with Gasteiger partial charge in [0.25, 0.3) is 0 Å². The lowest BCUT2D eigenvalue weighted by molar-refractivity contribution is -0.140. The van der Waals surface area contributed by atoms with Crippen LogP contribution in [0.15, 0.2) is 30.5 Å². The molecule has 0 aliphatic carbocycles. The number of rotatable bonds is 5. The van der Waals surface area contributed by atoms with Crippen molar-refractivity contribution >= 4 is 11.8 Å². The Morgan fingerprint density at radius 3 is 2.71 bits per heavy atom. The molecule has 1 fully saturated rings. The molecular weight excluding hydrogens is 360 g/mol. The normalized spacial score (nSPS) is 16.7. The number of carbonyl (C=O) groups excluding carboxylic acids is 1. The molecule has 0 radical (unpaired) electrons. The first-order chi connectivity index (χ1) is 13.7. The first-order valence-electron chi connectivity index (χ1n) is 9.56. The molecule has 3 heterocycles. The summed E-state index contributed by atoms with van der Waals surface area (Å²) in [5, 5.41) is 10.7. The lowest BCUT2D eigenvalue weighted by atomic mass is 9.87. The highest BCUT2D eigenvalue weighted by atomic mass is 16.7. The molecule has 2 aliphatic rings. The summed E-state index contributed by atoms with van der Waals surface area (Å²) in [4.78, 5) is 19.1. The molecule has 28 heavy (non-hydrogen) atoms. The molecule has 1 unspecified atom stereocenters. The number of piperidine rings is 1. The molecule has 1 atom stereocenters. The van der Waals surface area contributed by atoms with Crippen LogP contribution in [-0.2, 0) is 9.53 Å². The van der Waals surface area contributed by atoms with Gasteiger partial charge in [0.1, 0.15) is 11.6 Å². The van der Waals surface area contributed by atoms with E-state index in [1.165, 1.54) is 13.5 Å². The minimum absolute atomic E-state index is 0.0617. The zero-order valence-electron chi connectivity index (χ0n) is 15.9. The van der Waals surface area contributed by atoms with Crippen LogP contribution in [-0.4, -0.2) is 43.1 Å². The van der Waals surface area contributed by atoms with E-state index in [4.69, 9.17) is 14.2 Å². The summed E-state index contributed by atoms with van der Waals surface area (Å²) in [7, 11) is 1.37. The Morgan fingerprint density at radius 1 is 1.21 bits per heavy atom. The van der Waals surface area contributed by atoms with Gasteiger partial charge >= 0.3 is 5.97 Å². The highest BCUT2D eigenvalue weighted by molar-refractivity contribution is 5.73. The van der Waals surface area contributed by atoms with Crippen molar-refractivity contribution in [2.24, 2.45) is 0 Å². The molecule has 148 valence electrons. The van der Waals surface area contributed by atoms with Crippen LogP contribution in [0, 0.1) is 0 Å².